The summed E-state index contributed by atoms with van der Waals surface area (Å²) in [4.78, 5) is 13.0. The van der Waals surface area contributed by atoms with Crippen molar-refractivity contribution in [2.24, 2.45) is 29.6 Å². The summed E-state index contributed by atoms with van der Waals surface area (Å²) < 4.78 is 36.7. The summed E-state index contributed by atoms with van der Waals surface area (Å²) in [6, 6.07) is 10.1. The second-order valence-electron chi connectivity index (χ2n) is 13.5. The van der Waals surface area contributed by atoms with Gasteiger partial charge in [0.1, 0.15) is 5.92 Å². The van der Waals surface area contributed by atoms with Crippen LogP contribution in [0.2, 0.25) is 0 Å². The zero-order chi connectivity index (χ0) is 30.1. The third-order valence-corrected chi connectivity index (χ3v) is 10.5. The number of carbonyl (C=O) groups excluding carboxylic acids is 1. The first-order valence-corrected chi connectivity index (χ1v) is 17.3. The van der Waals surface area contributed by atoms with Crippen LogP contribution in [-0.4, -0.2) is 57.7 Å². The summed E-state index contributed by atoms with van der Waals surface area (Å²) in [5.74, 6) is 0.869. The Morgan fingerprint density at radius 3 is 2.39 bits per heavy atom. The fourth-order valence-corrected chi connectivity index (χ4v) is 8.11. The van der Waals surface area contributed by atoms with Crippen molar-refractivity contribution >= 4 is 5.97 Å². The molecule has 2 heterocycles. The van der Waals surface area contributed by atoms with E-state index in [0.29, 0.717) is 31.0 Å². The van der Waals surface area contributed by atoms with Gasteiger partial charge >= 0.3 is 5.97 Å². The fraction of sp³-hybridized carbons (Fsp3) is 0.703. The van der Waals surface area contributed by atoms with Gasteiger partial charge in [0.25, 0.3) is 0 Å². The highest BCUT2D eigenvalue weighted by Gasteiger charge is 2.47. The van der Waals surface area contributed by atoms with Crippen LogP contribution >= 0.6 is 0 Å². The quantitative estimate of drug-likeness (QED) is 0.174. The van der Waals surface area contributed by atoms with Crippen molar-refractivity contribution in [2.45, 2.75) is 108 Å². The van der Waals surface area contributed by atoms with Gasteiger partial charge in [-0.05, 0) is 87.5 Å². The number of methoxy groups -OCH3 is 1. The number of esters is 1. The van der Waals surface area contributed by atoms with Gasteiger partial charge in [-0.2, -0.15) is 0 Å². The minimum Gasteiger partial charge on any atom is -0.468 e. The Balaban J connectivity index is 1.17. The molecule has 6 rings (SSSR count). The minimum absolute atomic E-state index is 0.0641. The van der Waals surface area contributed by atoms with E-state index in [1.165, 1.54) is 39.2 Å². The first-order chi connectivity index (χ1) is 21.7. The molecule has 2 saturated heterocycles. The molecule has 242 valence electrons. The monoisotopic (exact) mass is 608 g/mol. The van der Waals surface area contributed by atoms with Gasteiger partial charge in [-0.3, -0.25) is 4.79 Å². The minimum atomic E-state index is -0.391. The number of benzene rings is 1. The van der Waals surface area contributed by atoms with Gasteiger partial charge in [0.2, 0.25) is 0 Å². The average Bonchev–Trinajstić information content (AvgIpc) is 3.81. The van der Waals surface area contributed by atoms with E-state index >= 15 is 0 Å². The van der Waals surface area contributed by atoms with Crippen molar-refractivity contribution in [2.75, 3.05) is 26.9 Å². The van der Waals surface area contributed by atoms with E-state index in [0.717, 1.165) is 69.3 Å². The molecule has 0 N–H and O–H groups in total. The molecule has 7 nitrogen and oxygen atoms in total. The molecule has 2 aliphatic heterocycles. The number of hydrogen-bond acceptors (Lipinski definition) is 7. The van der Waals surface area contributed by atoms with Crippen molar-refractivity contribution in [1.29, 1.82) is 0 Å². The molecule has 0 bridgehead atoms. The maximum absolute atomic E-state index is 13.0. The molecule has 3 unspecified atom stereocenters. The van der Waals surface area contributed by atoms with Crippen molar-refractivity contribution < 1.29 is 33.2 Å². The first kappa shape index (κ1) is 31.9. The second-order valence-corrected chi connectivity index (χ2v) is 13.5. The number of carbonyl (C=O) groups is 1. The molecule has 1 aromatic rings. The predicted octanol–water partition coefficient (Wildman–Crippen LogP) is 7.14. The highest BCUT2D eigenvalue weighted by molar-refractivity contribution is 5.76. The Labute approximate surface area is 263 Å². The lowest BCUT2D eigenvalue weighted by molar-refractivity contribution is -0.193. The highest BCUT2D eigenvalue weighted by atomic mass is 16.7. The van der Waals surface area contributed by atoms with E-state index in [1.54, 1.807) is 0 Å². The predicted molar refractivity (Wildman–Crippen MR) is 167 cm³/mol. The molecule has 8 atom stereocenters. The van der Waals surface area contributed by atoms with Crippen LogP contribution in [0.1, 0.15) is 82.6 Å². The number of hydrogen-bond donors (Lipinski definition) is 0. The van der Waals surface area contributed by atoms with Crippen LogP contribution in [0.25, 0.3) is 0 Å². The second kappa shape index (κ2) is 16.0. The van der Waals surface area contributed by atoms with Gasteiger partial charge in [0.15, 0.2) is 12.6 Å². The Morgan fingerprint density at radius 1 is 0.955 bits per heavy atom. The molecule has 2 saturated carbocycles. The maximum Gasteiger partial charge on any atom is 0.315 e. The summed E-state index contributed by atoms with van der Waals surface area (Å²) in [7, 11) is 1.47. The highest BCUT2D eigenvalue weighted by Crippen LogP contribution is 2.50. The van der Waals surface area contributed by atoms with E-state index in [1.807, 2.05) is 30.3 Å². The number of rotatable bonds is 13. The number of allylic oxidation sites excluding steroid dienone is 1. The molecule has 3 aliphatic carbocycles. The molecule has 0 aromatic heterocycles. The zero-order valence-electron chi connectivity index (χ0n) is 26.5. The van der Waals surface area contributed by atoms with Crippen LogP contribution in [0.15, 0.2) is 54.1 Å². The lowest BCUT2D eigenvalue weighted by Crippen LogP contribution is -2.32. The van der Waals surface area contributed by atoms with Crippen molar-refractivity contribution in [3.8, 4) is 0 Å². The maximum atomic E-state index is 13.0. The molecule has 0 amide bonds. The van der Waals surface area contributed by atoms with Gasteiger partial charge in [0.05, 0.1) is 32.5 Å². The number of fused-ring (bicyclic) bond motifs is 1. The van der Waals surface area contributed by atoms with Crippen LogP contribution in [0.5, 0.6) is 0 Å². The Morgan fingerprint density at radius 2 is 1.68 bits per heavy atom. The van der Waals surface area contributed by atoms with Crippen molar-refractivity contribution in [1.82, 2.24) is 0 Å². The van der Waals surface area contributed by atoms with Gasteiger partial charge < -0.3 is 28.4 Å². The van der Waals surface area contributed by atoms with Crippen LogP contribution in [0.3, 0.4) is 0 Å². The zero-order valence-corrected chi connectivity index (χ0v) is 26.5. The van der Waals surface area contributed by atoms with E-state index in [4.69, 9.17) is 28.4 Å². The Kier molecular flexibility index (Phi) is 11.6. The molecular weight excluding hydrogens is 556 g/mol. The van der Waals surface area contributed by atoms with Gasteiger partial charge in [-0.25, -0.2) is 0 Å². The molecule has 0 spiro atoms. The molecule has 7 heteroatoms. The van der Waals surface area contributed by atoms with E-state index in [9.17, 15) is 4.79 Å². The largest absolute Gasteiger partial charge is 0.468 e. The van der Waals surface area contributed by atoms with Gasteiger partial charge in [-0.1, -0.05) is 67.0 Å². The third kappa shape index (κ3) is 8.21. The van der Waals surface area contributed by atoms with Gasteiger partial charge in [-0.15, -0.1) is 0 Å². The normalized spacial score (nSPS) is 32.4. The first-order valence-electron chi connectivity index (χ1n) is 17.3. The lowest BCUT2D eigenvalue weighted by atomic mass is 9.86. The fourth-order valence-electron chi connectivity index (χ4n) is 8.11. The summed E-state index contributed by atoms with van der Waals surface area (Å²) in [6.45, 7) is 2.37. The lowest BCUT2D eigenvalue weighted by Gasteiger charge is -2.31. The molecule has 5 aliphatic rings. The van der Waals surface area contributed by atoms with E-state index in [-0.39, 0.29) is 36.7 Å². The van der Waals surface area contributed by atoms with Crippen molar-refractivity contribution in [3.63, 3.8) is 0 Å². The summed E-state index contributed by atoms with van der Waals surface area (Å²) >= 11 is 0. The average molecular weight is 609 g/mol. The molecule has 4 fully saturated rings. The summed E-state index contributed by atoms with van der Waals surface area (Å²) in [5.41, 5.74) is 2.24. The topological polar surface area (TPSA) is 72.5 Å². The number of ether oxygens (including phenoxy) is 6. The Hall–Kier alpha value is -2.03. The van der Waals surface area contributed by atoms with Gasteiger partial charge in [0, 0.05) is 19.1 Å². The third-order valence-electron chi connectivity index (χ3n) is 10.5. The van der Waals surface area contributed by atoms with Crippen LogP contribution < -0.4 is 0 Å². The van der Waals surface area contributed by atoms with E-state index < -0.39 is 5.92 Å². The van der Waals surface area contributed by atoms with E-state index in [2.05, 4.69) is 18.2 Å². The molecular formula is C37H52O7. The Bertz CT molecular complexity index is 1080. The van der Waals surface area contributed by atoms with Crippen LogP contribution in [0.4, 0.5) is 0 Å². The standard InChI is InChI=1S/C37H52O7/c1-39-37(38)32(25-40-24-26-11-3-2-4-12-26)28-21-29-23-34(44-36-16-8-10-20-42-36)30(31(29)22-28)17-18-33(27-13-5-6-14-27)43-35-15-7-9-19-41-35/h2-4,11-12,17-18,21,27,29-36H,5-10,13-16,19-20,22-25H2,1H3/b18-17+/t29-,30+,31-,32?,33+,34+,35?,36?/m0/s1. The SMILES string of the molecule is COC(=O)C(COCc1ccccc1)C1=C[C@H]2C[C@@H](OC3CCCCO3)[C@H](/C=C/[C@@H](OC3CCCCO3)C3CCCC3)[C@H]2C1. The molecule has 44 heavy (non-hydrogen) atoms. The summed E-state index contributed by atoms with van der Waals surface area (Å²) in [5, 5.41) is 0. The molecule has 1 aromatic carbocycles. The van der Waals surface area contributed by atoms with Crippen LogP contribution in [0, 0.1) is 29.6 Å². The smallest absolute Gasteiger partial charge is 0.315 e. The van der Waals surface area contributed by atoms with Crippen molar-refractivity contribution in [3.05, 3.63) is 59.7 Å². The van der Waals surface area contributed by atoms with Crippen LogP contribution in [-0.2, 0) is 39.8 Å². The molecule has 0 radical (unpaired) electrons. The summed E-state index contributed by atoms with van der Waals surface area (Å²) in [6.07, 6.45) is 20.2.